The lowest BCUT2D eigenvalue weighted by atomic mass is 9.99. The summed E-state index contributed by atoms with van der Waals surface area (Å²) in [7, 11) is 0. The maximum Gasteiger partial charge on any atom is 0.237 e. The van der Waals surface area contributed by atoms with E-state index in [9.17, 15) is 9.18 Å². The molecule has 3 unspecified atom stereocenters. The van der Waals surface area contributed by atoms with Gasteiger partial charge in [-0.3, -0.25) is 9.69 Å². The van der Waals surface area contributed by atoms with Crippen LogP contribution in [0.3, 0.4) is 0 Å². The average molecular weight is 331 g/mol. The lowest BCUT2D eigenvalue weighted by Gasteiger charge is -2.32. The maximum atomic E-state index is 13.1. The van der Waals surface area contributed by atoms with Gasteiger partial charge < -0.3 is 10.6 Å². The number of fused-ring (bicyclic) bond motifs is 2. The minimum absolute atomic E-state index is 0.0393. The molecule has 3 aliphatic heterocycles. The molecule has 0 saturated carbocycles. The standard InChI is InChI=1S/C19H26FN3O/c20-14-5-3-13(4-6-14)12-23-9-1-2-18(23)19(24)22-17-10-15-7-8-16(11-17)21-15/h3-6,15-18,21H,1-2,7-12H2,(H,22,24). The Morgan fingerprint density at radius 3 is 2.58 bits per heavy atom. The number of halogens is 1. The van der Waals surface area contributed by atoms with E-state index in [2.05, 4.69) is 15.5 Å². The van der Waals surface area contributed by atoms with Gasteiger partial charge in [-0.15, -0.1) is 0 Å². The Labute approximate surface area is 142 Å². The van der Waals surface area contributed by atoms with Gasteiger partial charge in [0.25, 0.3) is 0 Å². The summed E-state index contributed by atoms with van der Waals surface area (Å²) in [6.07, 6.45) is 6.59. The molecule has 2 bridgehead atoms. The summed E-state index contributed by atoms with van der Waals surface area (Å²) in [4.78, 5) is 15.0. The zero-order chi connectivity index (χ0) is 16.5. The quantitative estimate of drug-likeness (QED) is 0.889. The fraction of sp³-hybridized carbons (Fsp3) is 0.632. The second-order valence-corrected chi connectivity index (χ2v) is 7.57. The van der Waals surface area contributed by atoms with E-state index >= 15 is 0 Å². The van der Waals surface area contributed by atoms with Crippen LogP contribution in [0.4, 0.5) is 4.39 Å². The van der Waals surface area contributed by atoms with E-state index in [1.54, 1.807) is 0 Å². The monoisotopic (exact) mass is 331 g/mol. The number of carbonyl (C=O) groups is 1. The van der Waals surface area contributed by atoms with Gasteiger partial charge in [0.2, 0.25) is 5.91 Å². The van der Waals surface area contributed by atoms with Crippen LogP contribution in [-0.4, -0.2) is 41.5 Å². The predicted octanol–water partition coefficient (Wildman–Crippen LogP) is 2.19. The number of amides is 1. The number of likely N-dealkylation sites (tertiary alicyclic amines) is 1. The summed E-state index contributed by atoms with van der Waals surface area (Å²) < 4.78 is 13.1. The molecule has 1 aromatic rings. The number of hydrogen-bond acceptors (Lipinski definition) is 3. The van der Waals surface area contributed by atoms with Crippen molar-refractivity contribution in [1.29, 1.82) is 0 Å². The van der Waals surface area contributed by atoms with Crippen molar-refractivity contribution in [3.63, 3.8) is 0 Å². The molecule has 0 aromatic heterocycles. The van der Waals surface area contributed by atoms with Gasteiger partial charge in [-0.25, -0.2) is 4.39 Å². The normalized spacial score (nSPS) is 32.9. The summed E-state index contributed by atoms with van der Waals surface area (Å²) in [6.45, 7) is 1.66. The minimum Gasteiger partial charge on any atom is -0.352 e. The molecule has 5 heteroatoms. The number of hydrogen-bond donors (Lipinski definition) is 2. The minimum atomic E-state index is -0.213. The molecule has 3 fully saturated rings. The van der Waals surface area contributed by atoms with E-state index in [-0.39, 0.29) is 17.8 Å². The second kappa shape index (κ2) is 6.81. The van der Waals surface area contributed by atoms with Crippen LogP contribution in [0, 0.1) is 5.82 Å². The molecule has 0 spiro atoms. The number of nitrogens with one attached hydrogen (secondary N) is 2. The highest BCUT2D eigenvalue weighted by Crippen LogP contribution is 2.27. The van der Waals surface area contributed by atoms with Gasteiger partial charge >= 0.3 is 0 Å². The lowest BCUT2D eigenvalue weighted by Crippen LogP contribution is -2.52. The molecule has 1 aromatic carbocycles. The van der Waals surface area contributed by atoms with E-state index in [1.807, 2.05) is 12.1 Å². The van der Waals surface area contributed by atoms with Crippen molar-refractivity contribution in [3.05, 3.63) is 35.6 Å². The molecule has 3 aliphatic rings. The van der Waals surface area contributed by atoms with E-state index in [0.717, 1.165) is 44.3 Å². The van der Waals surface area contributed by atoms with Crippen LogP contribution in [0.15, 0.2) is 24.3 Å². The fourth-order valence-corrected chi connectivity index (χ4v) is 4.61. The second-order valence-electron chi connectivity index (χ2n) is 7.57. The van der Waals surface area contributed by atoms with Crippen molar-refractivity contribution in [3.8, 4) is 0 Å². The van der Waals surface area contributed by atoms with Gasteiger partial charge in [-0.05, 0) is 62.8 Å². The van der Waals surface area contributed by atoms with Gasteiger partial charge in [0.1, 0.15) is 5.82 Å². The number of piperidine rings is 1. The van der Waals surface area contributed by atoms with Crippen molar-refractivity contribution in [2.24, 2.45) is 0 Å². The molecule has 4 rings (SSSR count). The van der Waals surface area contributed by atoms with Crippen LogP contribution < -0.4 is 10.6 Å². The van der Waals surface area contributed by atoms with Crippen LogP contribution in [0.2, 0.25) is 0 Å². The number of benzene rings is 1. The Kier molecular flexibility index (Phi) is 4.55. The van der Waals surface area contributed by atoms with Crippen LogP contribution in [-0.2, 0) is 11.3 Å². The zero-order valence-corrected chi connectivity index (χ0v) is 14.0. The summed E-state index contributed by atoms with van der Waals surface area (Å²) in [6, 6.07) is 8.07. The predicted molar refractivity (Wildman–Crippen MR) is 90.9 cm³/mol. The van der Waals surface area contributed by atoms with Crippen LogP contribution in [0.25, 0.3) is 0 Å². The third-order valence-electron chi connectivity index (χ3n) is 5.78. The molecular formula is C19H26FN3O. The van der Waals surface area contributed by atoms with Gasteiger partial charge in [0.05, 0.1) is 6.04 Å². The van der Waals surface area contributed by atoms with Crippen molar-refractivity contribution >= 4 is 5.91 Å². The summed E-state index contributed by atoms with van der Waals surface area (Å²) in [5.41, 5.74) is 1.07. The summed E-state index contributed by atoms with van der Waals surface area (Å²) in [5, 5.41) is 6.92. The number of rotatable bonds is 4. The Morgan fingerprint density at radius 2 is 1.88 bits per heavy atom. The van der Waals surface area contributed by atoms with Crippen LogP contribution in [0.1, 0.15) is 44.1 Å². The Balaban J connectivity index is 1.35. The van der Waals surface area contributed by atoms with E-state index in [1.165, 1.54) is 25.0 Å². The molecule has 24 heavy (non-hydrogen) atoms. The Hall–Kier alpha value is -1.46. The van der Waals surface area contributed by atoms with Gasteiger partial charge in [-0.2, -0.15) is 0 Å². The number of carbonyl (C=O) groups excluding carboxylic acids is 1. The molecule has 130 valence electrons. The van der Waals surface area contributed by atoms with E-state index in [0.29, 0.717) is 18.1 Å². The molecule has 1 amide bonds. The van der Waals surface area contributed by atoms with E-state index in [4.69, 9.17) is 0 Å². The molecule has 2 N–H and O–H groups in total. The van der Waals surface area contributed by atoms with Crippen molar-refractivity contribution in [2.45, 2.75) is 69.2 Å². The van der Waals surface area contributed by atoms with Gasteiger partial charge in [0, 0.05) is 24.7 Å². The lowest BCUT2D eigenvalue weighted by molar-refractivity contribution is -0.126. The molecule has 0 radical (unpaired) electrons. The Morgan fingerprint density at radius 1 is 1.17 bits per heavy atom. The van der Waals surface area contributed by atoms with E-state index < -0.39 is 0 Å². The van der Waals surface area contributed by atoms with Crippen molar-refractivity contribution in [2.75, 3.05) is 6.54 Å². The van der Waals surface area contributed by atoms with Gasteiger partial charge in [-0.1, -0.05) is 12.1 Å². The highest BCUT2D eigenvalue weighted by Gasteiger charge is 2.36. The van der Waals surface area contributed by atoms with Crippen LogP contribution >= 0.6 is 0 Å². The number of nitrogens with zero attached hydrogens (tertiary/aromatic N) is 1. The maximum absolute atomic E-state index is 13.1. The van der Waals surface area contributed by atoms with Gasteiger partial charge in [0.15, 0.2) is 0 Å². The first-order valence-electron chi connectivity index (χ1n) is 9.22. The zero-order valence-electron chi connectivity index (χ0n) is 14.0. The van der Waals surface area contributed by atoms with Crippen LogP contribution in [0.5, 0.6) is 0 Å². The molecule has 3 atom stereocenters. The Bertz CT molecular complexity index is 579. The molecule has 3 saturated heterocycles. The summed E-state index contributed by atoms with van der Waals surface area (Å²) >= 11 is 0. The molecule has 4 nitrogen and oxygen atoms in total. The molecular weight excluding hydrogens is 305 g/mol. The first-order chi connectivity index (χ1) is 11.7. The fourth-order valence-electron chi connectivity index (χ4n) is 4.61. The van der Waals surface area contributed by atoms with Crippen molar-refractivity contribution < 1.29 is 9.18 Å². The third-order valence-corrected chi connectivity index (χ3v) is 5.78. The highest BCUT2D eigenvalue weighted by molar-refractivity contribution is 5.82. The topological polar surface area (TPSA) is 44.4 Å². The summed E-state index contributed by atoms with van der Waals surface area (Å²) in [5.74, 6) is -0.0316. The smallest absolute Gasteiger partial charge is 0.237 e. The molecule has 0 aliphatic carbocycles. The third kappa shape index (κ3) is 3.47. The molecule has 3 heterocycles. The highest BCUT2D eigenvalue weighted by atomic mass is 19.1. The van der Waals surface area contributed by atoms with Crippen molar-refractivity contribution in [1.82, 2.24) is 15.5 Å². The SMILES string of the molecule is O=C(NC1CC2CCC(C1)N2)C1CCCN1Cc1ccc(F)cc1. The first kappa shape index (κ1) is 16.0. The first-order valence-corrected chi connectivity index (χ1v) is 9.22. The largest absolute Gasteiger partial charge is 0.352 e. The average Bonchev–Trinajstić information content (AvgIpc) is 3.16.